The number of anilines is 1. The number of hydrogen-bond acceptors (Lipinski definition) is 2. The monoisotopic (exact) mass is 207 g/mol. The Morgan fingerprint density at radius 2 is 2.20 bits per heavy atom. The molecule has 0 heterocycles. The average Bonchev–Trinajstić information content (AvgIpc) is 2.99. The van der Waals surface area contributed by atoms with Crippen LogP contribution in [-0.4, -0.2) is 17.8 Å². The lowest BCUT2D eigenvalue weighted by Crippen LogP contribution is -2.09. The van der Waals surface area contributed by atoms with Gasteiger partial charge in [0.15, 0.2) is 0 Å². The molecule has 0 saturated heterocycles. The van der Waals surface area contributed by atoms with Crippen LogP contribution in [0.25, 0.3) is 0 Å². The molecule has 0 aliphatic heterocycles. The first kappa shape index (κ1) is 9.83. The molecule has 1 aliphatic rings. The molecular weight excluding hydrogens is 194 g/mol. The maximum atomic E-state index is 10.5. The Labute approximate surface area is 87.9 Å². The molecule has 0 spiro atoms. The summed E-state index contributed by atoms with van der Waals surface area (Å²) < 4.78 is 5.54. The van der Waals surface area contributed by atoms with Crippen molar-refractivity contribution in [3.8, 4) is 5.75 Å². The van der Waals surface area contributed by atoms with Crippen LogP contribution in [0.15, 0.2) is 24.3 Å². The summed E-state index contributed by atoms with van der Waals surface area (Å²) in [7, 11) is 0. The van der Waals surface area contributed by atoms with E-state index < -0.39 is 6.09 Å². The molecule has 4 nitrogen and oxygen atoms in total. The van der Waals surface area contributed by atoms with Gasteiger partial charge in [0, 0.05) is 0 Å². The second kappa shape index (κ2) is 4.21. The summed E-state index contributed by atoms with van der Waals surface area (Å²) in [5, 5.41) is 10.9. The van der Waals surface area contributed by atoms with E-state index >= 15 is 0 Å². The lowest BCUT2D eigenvalue weighted by molar-refractivity contribution is 0.209. The standard InChI is InChI=1S/C11H13NO3/c13-11(14)12-9-3-1-2-4-10(9)15-7-8-5-6-8/h1-4,8,12H,5-7H2,(H,13,14). The molecule has 0 aromatic heterocycles. The number of hydrogen-bond donors (Lipinski definition) is 2. The maximum absolute atomic E-state index is 10.5. The van der Waals surface area contributed by atoms with Gasteiger partial charge in [-0.25, -0.2) is 4.79 Å². The number of rotatable bonds is 4. The molecule has 1 aromatic rings. The van der Waals surface area contributed by atoms with E-state index in [9.17, 15) is 4.79 Å². The summed E-state index contributed by atoms with van der Waals surface area (Å²) in [6.45, 7) is 0.679. The van der Waals surface area contributed by atoms with Crippen molar-refractivity contribution in [2.45, 2.75) is 12.8 Å². The SMILES string of the molecule is O=C(O)Nc1ccccc1OCC1CC1. The first-order valence-electron chi connectivity index (χ1n) is 4.97. The normalized spacial score (nSPS) is 14.7. The summed E-state index contributed by atoms with van der Waals surface area (Å²) in [5.41, 5.74) is 0.505. The van der Waals surface area contributed by atoms with E-state index in [-0.39, 0.29) is 0 Å². The van der Waals surface area contributed by atoms with Gasteiger partial charge in [0.2, 0.25) is 0 Å². The van der Waals surface area contributed by atoms with Gasteiger partial charge in [-0.2, -0.15) is 0 Å². The van der Waals surface area contributed by atoms with Crippen LogP contribution in [0.5, 0.6) is 5.75 Å². The highest BCUT2D eigenvalue weighted by Gasteiger charge is 2.22. The van der Waals surface area contributed by atoms with Gasteiger partial charge in [0.1, 0.15) is 5.75 Å². The van der Waals surface area contributed by atoms with Crippen molar-refractivity contribution in [2.75, 3.05) is 11.9 Å². The zero-order valence-electron chi connectivity index (χ0n) is 8.27. The van der Waals surface area contributed by atoms with Crippen LogP contribution in [0, 0.1) is 5.92 Å². The highest BCUT2D eigenvalue weighted by Crippen LogP contribution is 2.31. The molecule has 80 valence electrons. The summed E-state index contributed by atoms with van der Waals surface area (Å²) in [6, 6.07) is 7.06. The number of carboxylic acid groups (broad SMARTS) is 1. The third-order valence-electron chi connectivity index (χ3n) is 2.30. The van der Waals surface area contributed by atoms with E-state index in [1.807, 2.05) is 6.07 Å². The lowest BCUT2D eigenvalue weighted by atomic mass is 10.3. The zero-order chi connectivity index (χ0) is 10.7. The van der Waals surface area contributed by atoms with Crippen LogP contribution in [-0.2, 0) is 0 Å². The molecule has 1 aromatic carbocycles. The van der Waals surface area contributed by atoms with Crippen molar-refractivity contribution in [1.29, 1.82) is 0 Å². The number of ether oxygens (including phenoxy) is 1. The van der Waals surface area contributed by atoms with Crippen molar-refractivity contribution < 1.29 is 14.6 Å². The van der Waals surface area contributed by atoms with Gasteiger partial charge < -0.3 is 9.84 Å². The third-order valence-corrected chi connectivity index (χ3v) is 2.30. The van der Waals surface area contributed by atoms with Crippen LogP contribution in [0.3, 0.4) is 0 Å². The van der Waals surface area contributed by atoms with Crippen molar-refractivity contribution in [1.82, 2.24) is 0 Å². The predicted molar refractivity (Wildman–Crippen MR) is 56.3 cm³/mol. The van der Waals surface area contributed by atoms with Crippen LogP contribution in [0.4, 0.5) is 10.5 Å². The van der Waals surface area contributed by atoms with Gasteiger partial charge in [-0.05, 0) is 30.9 Å². The molecule has 4 heteroatoms. The Morgan fingerprint density at radius 3 is 2.87 bits per heavy atom. The third kappa shape index (κ3) is 2.87. The minimum absolute atomic E-state index is 0.505. The summed E-state index contributed by atoms with van der Waals surface area (Å²) in [4.78, 5) is 10.5. The Hall–Kier alpha value is -1.71. The average molecular weight is 207 g/mol. The van der Waals surface area contributed by atoms with Crippen LogP contribution in [0.2, 0.25) is 0 Å². The van der Waals surface area contributed by atoms with Gasteiger partial charge in [-0.3, -0.25) is 5.32 Å². The Balaban J connectivity index is 2.02. The molecule has 2 N–H and O–H groups in total. The van der Waals surface area contributed by atoms with Gasteiger partial charge in [-0.1, -0.05) is 12.1 Å². The van der Waals surface area contributed by atoms with Gasteiger partial charge in [0.25, 0.3) is 0 Å². The molecular formula is C11H13NO3. The smallest absolute Gasteiger partial charge is 0.409 e. The van der Waals surface area contributed by atoms with Crippen LogP contribution >= 0.6 is 0 Å². The molecule has 0 unspecified atom stereocenters. The van der Waals surface area contributed by atoms with Gasteiger partial charge in [0.05, 0.1) is 12.3 Å². The Kier molecular flexibility index (Phi) is 2.76. The molecule has 0 bridgehead atoms. The second-order valence-corrected chi connectivity index (χ2v) is 3.68. The van der Waals surface area contributed by atoms with E-state index in [4.69, 9.17) is 9.84 Å². The van der Waals surface area contributed by atoms with E-state index in [1.54, 1.807) is 18.2 Å². The van der Waals surface area contributed by atoms with E-state index in [2.05, 4.69) is 5.32 Å². The number of nitrogens with one attached hydrogen (secondary N) is 1. The fourth-order valence-corrected chi connectivity index (χ4v) is 1.30. The van der Waals surface area contributed by atoms with E-state index in [0.29, 0.717) is 24.0 Å². The number of carbonyl (C=O) groups is 1. The van der Waals surface area contributed by atoms with Gasteiger partial charge >= 0.3 is 6.09 Å². The molecule has 1 amide bonds. The van der Waals surface area contributed by atoms with Crippen molar-refractivity contribution >= 4 is 11.8 Å². The zero-order valence-corrected chi connectivity index (χ0v) is 8.27. The lowest BCUT2D eigenvalue weighted by Gasteiger charge is -2.10. The fraction of sp³-hybridized carbons (Fsp3) is 0.364. The number of benzene rings is 1. The first-order valence-corrected chi connectivity index (χ1v) is 4.97. The maximum Gasteiger partial charge on any atom is 0.409 e. The highest BCUT2D eigenvalue weighted by atomic mass is 16.5. The Bertz CT molecular complexity index is 361. The van der Waals surface area contributed by atoms with Crippen molar-refractivity contribution in [3.05, 3.63) is 24.3 Å². The summed E-state index contributed by atoms with van der Waals surface area (Å²) in [6.07, 6.45) is 1.36. The van der Waals surface area contributed by atoms with Crippen LogP contribution in [0.1, 0.15) is 12.8 Å². The molecule has 1 saturated carbocycles. The van der Waals surface area contributed by atoms with E-state index in [1.165, 1.54) is 12.8 Å². The fourth-order valence-electron chi connectivity index (χ4n) is 1.30. The van der Waals surface area contributed by atoms with Crippen molar-refractivity contribution in [3.63, 3.8) is 0 Å². The molecule has 1 fully saturated rings. The van der Waals surface area contributed by atoms with Crippen LogP contribution < -0.4 is 10.1 Å². The second-order valence-electron chi connectivity index (χ2n) is 3.68. The molecule has 1 aliphatic carbocycles. The molecule has 0 atom stereocenters. The van der Waals surface area contributed by atoms with Crippen molar-refractivity contribution in [2.24, 2.45) is 5.92 Å². The summed E-state index contributed by atoms with van der Waals surface area (Å²) >= 11 is 0. The Morgan fingerprint density at radius 1 is 1.47 bits per heavy atom. The molecule has 15 heavy (non-hydrogen) atoms. The number of amides is 1. The largest absolute Gasteiger partial charge is 0.491 e. The van der Waals surface area contributed by atoms with Gasteiger partial charge in [-0.15, -0.1) is 0 Å². The summed E-state index contributed by atoms with van der Waals surface area (Å²) in [5.74, 6) is 1.26. The minimum Gasteiger partial charge on any atom is -0.491 e. The van der Waals surface area contributed by atoms with E-state index in [0.717, 1.165) is 0 Å². The molecule has 0 radical (unpaired) electrons. The number of para-hydroxylation sites is 2. The quantitative estimate of drug-likeness (QED) is 0.797. The first-order chi connectivity index (χ1) is 7.25. The highest BCUT2D eigenvalue weighted by molar-refractivity contribution is 5.85. The predicted octanol–water partition coefficient (Wildman–Crippen LogP) is 2.57. The minimum atomic E-state index is -1.07. The topological polar surface area (TPSA) is 58.6 Å². The molecule has 2 rings (SSSR count).